The quantitative estimate of drug-likeness (QED) is 0.761. The van der Waals surface area contributed by atoms with E-state index < -0.39 is 0 Å². The van der Waals surface area contributed by atoms with Gasteiger partial charge in [-0.25, -0.2) is 5.06 Å². The summed E-state index contributed by atoms with van der Waals surface area (Å²) < 4.78 is 0. The fourth-order valence-corrected chi connectivity index (χ4v) is 2.69. The van der Waals surface area contributed by atoms with Crippen LogP contribution >= 0.6 is 0 Å². The molecule has 5 heteroatoms. The molecule has 0 aliphatic carbocycles. The van der Waals surface area contributed by atoms with Crippen LogP contribution in [0.3, 0.4) is 0 Å². The summed E-state index contributed by atoms with van der Waals surface area (Å²) in [6.07, 6.45) is 3.58. The zero-order valence-electron chi connectivity index (χ0n) is 11.9. The van der Waals surface area contributed by atoms with Gasteiger partial charge in [-0.2, -0.15) is 0 Å². The van der Waals surface area contributed by atoms with Crippen molar-refractivity contribution in [3.8, 4) is 0 Å². The lowest BCUT2D eigenvalue weighted by Crippen LogP contribution is -2.46. The maximum atomic E-state index is 12.3. The predicted octanol–water partition coefficient (Wildman–Crippen LogP) is 1.43. The Bertz CT molecular complexity index is 330. The molecule has 0 saturated carbocycles. The number of nitrogens with zero attached hydrogens (tertiary/aromatic N) is 2. The first kappa shape index (κ1) is 14.3. The highest BCUT2D eigenvalue weighted by Gasteiger charge is 2.31. The van der Waals surface area contributed by atoms with E-state index in [4.69, 9.17) is 4.84 Å². The summed E-state index contributed by atoms with van der Waals surface area (Å²) in [6, 6.07) is 0. The Kier molecular flexibility index (Phi) is 4.80. The van der Waals surface area contributed by atoms with Crippen molar-refractivity contribution in [3.63, 3.8) is 0 Å². The molecule has 0 atom stereocenters. The molecule has 2 saturated heterocycles. The Hall–Kier alpha value is -1.10. The molecule has 0 N–H and O–H groups in total. The Morgan fingerprint density at radius 2 is 1.79 bits per heavy atom. The smallest absolute Gasteiger partial charge is 0.249 e. The summed E-state index contributed by atoms with van der Waals surface area (Å²) in [5.41, 5.74) is 0. The van der Waals surface area contributed by atoms with Crippen LogP contribution in [0.1, 0.15) is 39.5 Å². The second kappa shape index (κ2) is 6.37. The van der Waals surface area contributed by atoms with Crippen molar-refractivity contribution in [1.82, 2.24) is 9.96 Å². The first-order valence-corrected chi connectivity index (χ1v) is 7.32. The molecule has 0 spiro atoms. The van der Waals surface area contributed by atoms with Crippen molar-refractivity contribution in [2.75, 3.05) is 26.2 Å². The van der Waals surface area contributed by atoms with E-state index in [1.54, 1.807) is 0 Å². The third-order valence-electron chi connectivity index (χ3n) is 3.90. The lowest BCUT2D eigenvalue weighted by molar-refractivity contribution is -0.202. The van der Waals surface area contributed by atoms with E-state index >= 15 is 0 Å². The molecule has 5 nitrogen and oxygen atoms in total. The van der Waals surface area contributed by atoms with Gasteiger partial charge in [-0.05, 0) is 25.7 Å². The van der Waals surface area contributed by atoms with Gasteiger partial charge in [-0.15, -0.1) is 0 Å². The van der Waals surface area contributed by atoms with Gasteiger partial charge in [-0.3, -0.25) is 14.4 Å². The largest absolute Gasteiger partial charge is 0.342 e. The molecule has 2 rings (SSSR count). The summed E-state index contributed by atoms with van der Waals surface area (Å²) in [4.78, 5) is 31.4. The van der Waals surface area contributed by atoms with Crippen LogP contribution < -0.4 is 0 Å². The molecule has 2 amide bonds. The maximum absolute atomic E-state index is 12.3. The first-order chi connectivity index (χ1) is 9.09. The average molecular weight is 268 g/mol. The third-order valence-corrected chi connectivity index (χ3v) is 3.90. The van der Waals surface area contributed by atoms with E-state index in [-0.39, 0.29) is 23.7 Å². The van der Waals surface area contributed by atoms with Crippen LogP contribution in [0.15, 0.2) is 0 Å². The lowest BCUT2D eigenvalue weighted by atomic mass is 9.95. The number of rotatable bonds is 2. The summed E-state index contributed by atoms with van der Waals surface area (Å²) in [5.74, 6) is 0.364. The highest BCUT2D eigenvalue weighted by atomic mass is 16.7. The van der Waals surface area contributed by atoms with Crippen molar-refractivity contribution in [3.05, 3.63) is 0 Å². The van der Waals surface area contributed by atoms with Crippen molar-refractivity contribution in [2.24, 2.45) is 11.8 Å². The van der Waals surface area contributed by atoms with E-state index in [1.165, 1.54) is 5.06 Å². The van der Waals surface area contributed by atoms with Crippen molar-refractivity contribution in [2.45, 2.75) is 39.5 Å². The van der Waals surface area contributed by atoms with Crippen LogP contribution in [0.25, 0.3) is 0 Å². The summed E-state index contributed by atoms with van der Waals surface area (Å²) >= 11 is 0. The van der Waals surface area contributed by atoms with Gasteiger partial charge >= 0.3 is 0 Å². The number of amides is 2. The zero-order chi connectivity index (χ0) is 13.8. The second-order valence-electron chi connectivity index (χ2n) is 5.73. The highest BCUT2D eigenvalue weighted by Crippen LogP contribution is 2.22. The van der Waals surface area contributed by atoms with Crippen molar-refractivity contribution < 1.29 is 14.4 Å². The lowest BCUT2D eigenvalue weighted by Gasteiger charge is -2.35. The molecule has 108 valence electrons. The first-order valence-electron chi connectivity index (χ1n) is 7.32. The molecule has 0 unspecified atom stereocenters. The van der Waals surface area contributed by atoms with Gasteiger partial charge < -0.3 is 4.90 Å². The Labute approximate surface area is 114 Å². The van der Waals surface area contributed by atoms with Gasteiger partial charge in [-0.1, -0.05) is 13.8 Å². The minimum Gasteiger partial charge on any atom is -0.342 e. The van der Waals surface area contributed by atoms with Gasteiger partial charge in [0.05, 0.1) is 6.61 Å². The van der Waals surface area contributed by atoms with Crippen molar-refractivity contribution in [1.29, 1.82) is 0 Å². The van der Waals surface area contributed by atoms with Crippen LogP contribution in [-0.2, 0) is 14.4 Å². The molecule has 0 aromatic rings. The van der Waals surface area contributed by atoms with E-state index in [9.17, 15) is 9.59 Å². The molecule has 2 aliphatic heterocycles. The second-order valence-corrected chi connectivity index (χ2v) is 5.73. The Balaban J connectivity index is 1.82. The van der Waals surface area contributed by atoms with Gasteiger partial charge in [0.25, 0.3) is 0 Å². The number of hydroxylamine groups is 2. The number of piperidine rings is 1. The SMILES string of the molecule is CC(C)C(=O)N1CCC(C(=O)N2CCCCO2)CC1. The van der Waals surface area contributed by atoms with E-state index in [1.807, 2.05) is 18.7 Å². The van der Waals surface area contributed by atoms with E-state index in [2.05, 4.69) is 0 Å². The van der Waals surface area contributed by atoms with Gasteiger partial charge in [0.15, 0.2) is 0 Å². The number of carbonyl (C=O) groups excluding carboxylic acids is 2. The van der Waals surface area contributed by atoms with Crippen molar-refractivity contribution >= 4 is 11.8 Å². The molecule has 0 radical (unpaired) electrons. The van der Waals surface area contributed by atoms with E-state index in [0.717, 1.165) is 25.7 Å². The highest BCUT2D eigenvalue weighted by molar-refractivity contribution is 5.80. The molecule has 2 heterocycles. The van der Waals surface area contributed by atoms with Crippen LogP contribution in [0.4, 0.5) is 0 Å². The van der Waals surface area contributed by atoms with Crippen LogP contribution in [0, 0.1) is 11.8 Å². The number of likely N-dealkylation sites (tertiary alicyclic amines) is 1. The molecular weight excluding hydrogens is 244 g/mol. The Morgan fingerprint density at radius 1 is 1.11 bits per heavy atom. The molecule has 2 aliphatic rings. The summed E-state index contributed by atoms with van der Waals surface area (Å²) in [7, 11) is 0. The van der Waals surface area contributed by atoms with Crippen LogP contribution in [0.5, 0.6) is 0 Å². The molecule has 0 aromatic heterocycles. The summed E-state index contributed by atoms with van der Waals surface area (Å²) in [6.45, 7) is 6.59. The van der Waals surface area contributed by atoms with Gasteiger partial charge in [0.2, 0.25) is 11.8 Å². The molecule has 19 heavy (non-hydrogen) atoms. The average Bonchev–Trinajstić information content (AvgIpc) is 2.46. The normalized spacial score (nSPS) is 21.8. The fraction of sp³-hybridized carbons (Fsp3) is 0.857. The standard InChI is InChI=1S/C14H24N2O3/c1-11(2)13(17)15-8-5-12(6-9-15)14(18)16-7-3-4-10-19-16/h11-12H,3-10H2,1-2H3. The van der Waals surface area contributed by atoms with E-state index in [0.29, 0.717) is 26.2 Å². The minimum atomic E-state index is 0.0225. The number of carbonyl (C=O) groups is 2. The van der Waals surface area contributed by atoms with Crippen LogP contribution in [0.2, 0.25) is 0 Å². The zero-order valence-corrected chi connectivity index (χ0v) is 11.9. The monoisotopic (exact) mass is 268 g/mol. The molecule has 0 bridgehead atoms. The Morgan fingerprint density at radius 3 is 2.32 bits per heavy atom. The predicted molar refractivity (Wildman–Crippen MR) is 71.0 cm³/mol. The maximum Gasteiger partial charge on any atom is 0.249 e. The number of hydrogen-bond acceptors (Lipinski definition) is 3. The minimum absolute atomic E-state index is 0.0225. The molecular formula is C14H24N2O3. The third kappa shape index (κ3) is 3.47. The molecule has 2 fully saturated rings. The topological polar surface area (TPSA) is 49.9 Å². The van der Waals surface area contributed by atoms with Crippen LogP contribution in [-0.4, -0.2) is 48.0 Å². The summed E-state index contributed by atoms with van der Waals surface area (Å²) in [5, 5.41) is 1.54. The fourth-order valence-electron chi connectivity index (χ4n) is 2.69. The number of hydrogen-bond donors (Lipinski definition) is 0. The molecule has 0 aromatic carbocycles. The van der Waals surface area contributed by atoms with Gasteiger partial charge in [0, 0.05) is 31.5 Å². The van der Waals surface area contributed by atoms with Gasteiger partial charge in [0.1, 0.15) is 0 Å².